The van der Waals surface area contributed by atoms with Gasteiger partial charge in [0, 0.05) is 12.1 Å². The van der Waals surface area contributed by atoms with Gasteiger partial charge in [0.05, 0.1) is 4.92 Å². The molecule has 0 aliphatic heterocycles. The number of nitriles is 1. The van der Waals surface area contributed by atoms with Crippen LogP contribution < -0.4 is 5.32 Å². The van der Waals surface area contributed by atoms with E-state index in [2.05, 4.69) is 17.2 Å². The first-order valence-electron chi connectivity index (χ1n) is 5.90. The van der Waals surface area contributed by atoms with Gasteiger partial charge in [0.25, 0.3) is 0 Å². The van der Waals surface area contributed by atoms with Crippen molar-refractivity contribution in [1.82, 2.24) is 4.98 Å². The van der Waals surface area contributed by atoms with Crippen LogP contribution in [0, 0.1) is 21.4 Å². The minimum absolute atomic E-state index is 0.160. The van der Waals surface area contributed by atoms with Crippen LogP contribution in [0.2, 0.25) is 0 Å². The van der Waals surface area contributed by atoms with Crippen molar-refractivity contribution in [3.63, 3.8) is 0 Å². The van der Waals surface area contributed by atoms with Gasteiger partial charge < -0.3 is 5.32 Å². The largest absolute Gasteiger partial charge is 0.368 e. The summed E-state index contributed by atoms with van der Waals surface area (Å²) in [4.78, 5) is 14.0. The highest BCUT2D eigenvalue weighted by molar-refractivity contribution is 5.50. The third-order valence-corrected chi connectivity index (χ3v) is 2.56. The normalized spacial score (nSPS) is 11.6. The molecule has 96 valence electrons. The molecule has 0 fully saturated rings. The number of pyridine rings is 1. The molecule has 6 heteroatoms. The summed E-state index contributed by atoms with van der Waals surface area (Å²) in [7, 11) is 0. The number of unbranched alkanes of at least 4 members (excludes halogenated alkanes) is 1. The fourth-order valence-electron chi connectivity index (χ4n) is 1.60. The smallest absolute Gasteiger partial charge is 0.305 e. The van der Waals surface area contributed by atoms with Gasteiger partial charge in [-0.15, -0.1) is 0 Å². The van der Waals surface area contributed by atoms with Crippen LogP contribution in [0.1, 0.15) is 38.8 Å². The minimum atomic E-state index is -0.601. The van der Waals surface area contributed by atoms with E-state index in [1.54, 1.807) is 6.07 Å². The highest BCUT2D eigenvalue weighted by atomic mass is 16.6. The summed E-state index contributed by atoms with van der Waals surface area (Å²) >= 11 is 0. The summed E-state index contributed by atoms with van der Waals surface area (Å²) in [6.45, 7) is 4.13. The van der Waals surface area contributed by atoms with Crippen molar-refractivity contribution in [3.05, 3.63) is 27.9 Å². The maximum absolute atomic E-state index is 10.6. The molecule has 6 nitrogen and oxygen atoms in total. The molecule has 0 saturated carbocycles. The molecule has 0 spiro atoms. The third-order valence-electron chi connectivity index (χ3n) is 2.56. The second-order valence-electron chi connectivity index (χ2n) is 4.12. The van der Waals surface area contributed by atoms with Gasteiger partial charge in [-0.05, 0) is 19.4 Å². The van der Waals surface area contributed by atoms with E-state index in [1.165, 1.54) is 12.1 Å². The lowest BCUT2D eigenvalue weighted by atomic mass is 10.1. The lowest BCUT2D eigenvalue weighted by molar-refractivity contribution is -0.385. The van der Waals surface area contributed by atoms with Crippen LogP contribution in [-0.4, -0.2) is 15.9 Å². The average Bonchev–Trinajstić information content (AvgIpc) is 2.35. The first-order chi connectivity index (χ1) is 8.58. The van der Waals surface area contributed by atoms with Gasteiger partial charge >= 0.3 is 5.69 Å². The van der Waals surface area contributed by atoms with E-state index < -0.39 is 4.92 Å². The second-order valence-corrected chi connectivity index (χ2v) is 4.12. The number of hydrogen-bond donors (Lipinski definition) is 1. The van der Waals surface area contributed by atoms with E-state index in [0.29, 0.717) is 5.82 Å². The zero-order valence-corrected chi connectivity index (χ0v) is 10.5. The van der Waals surface area contributed by atoms with Crippen molar-refractivity contribution in [1.29, 1.82) is 5.26 Å². The lowest BCUT2D eigenvalue weighted by Gasteiger charge is -2.13. The van der Waals surface area contributed by atoms with Gasteiger partial charge in [-0.1, -0.05) is 19.8 Å². The van der Waals surface area contributed by atoms with Crippen molar-refractivity contribution in [3.8, 4) is 6.07 Å². The summed E-state index contributed by atoms with van der Waals surface area (Å²) < 4.78 is 0. The predicted octanol–water partition coefficient (Wildman–Crippen LogP) is 2.85. The molecule has 18 heavy (non-hydrogen) atoms. The zero-order valence-electron chi connectivity index (χ0n) is 10.5. The molecule has 0 aliphatic rings. The van der Waals surface area contributed by atoms with E-state index in [9.17, 15) is 10.1 Å². The van der Waals surface area contributed by atoms with E-state index in [4.69, 9.17) is 5.26 Å². The van der Waals surface area contributed by atoms with Crippen molar-refractivity contribution >= 4 is 11.5 Å². The number of aromatic nitrogens is 1. The average molecular weight is 248 g/mol. The maximum Gasteiger partial charge on any atom is 0.305 e. The van der Waals surface area contributed by atoms with Crippen molar-refractivity contribution in [2.45, 2.75) is 39.2 Å². The maximum atomic E-state index is 10.6. The van der Waals surface area contributed by atoms with Crippen molar-refractivity contribution < 1.29 is 4.92 Å². The molecule has 0 aromatic carbocycles. The summed E-state index contributed by atoms with van der Waals surface area (Å²) in [5.41, 5.74) is -0.419. The Bertz CT molecular complexity index is 468. The summed E-state index contributed by atoms with van der Waals surface area (Å²) in [5, 5.41) is 22.6. The minimum Gasteiger partial charge on any atom is -0.368 e. The fraction of sp³-hybridized carbons (Fsp3) is 0.500. The lowest BCUT2D eigenvalue weighted by Crippen LogP contribution is -2.16. The molecule has 1 atom stereocenters. The SMILES string of the molecule is CCCCC(C)Nc1ccc([N+](=O)[O-])c(C#N)n1. The number of hydrogen-bond acceptors (Lipinski definition) is 5. The van der Waals surface area contributed by atoms with Gasteiger partial charge in [0.2, 0.25) is 5.69 Å². The molecule has 0 saturated heterocycles. The summed E-state index contributed by atoms with van der Waals surface area (Å²) in [6.07, 6.45) is 3.21. The molecule has 0 radical (unpaired) electrons. The van der Waals surface area contributed by atoms with Crippen molar-refractivity contribution in [2.75, 3.05) is 5.32 Å². The van der Waals surface area contributed by atoms with Crippen LogP contribution in [0.3, 0.4) is 0 Å². The van der Waals surface area contributed by atoms with Crippen molar-refractivity contribution in [2.24, 2.45) is 0 Å². The van der Waals surface area contributed by atoms with Crippen LogP contribution in [0.15, 0.2) is 12.1 Å². The first-order valence-corrected chi connectivity index (χ1v) is 5.90. The molecule has 1 rings (SSSR count). The molecular weight excluding hydrogens is 232 g/mol. The molecule has 1 unspecified atom stereocenters. The number of rotatable bonds is 6. The van der Waals surface area contributed by atoms with Crippen LogP contribution in [-0.2, 0) is 0 Å². The van der Waals surface area contributed by atoms with E-state index in [0.717, 1.165) is 19.3 Å². The van der Waals surface area contributed by atoms with Gasteiger partial charge in [0.1, 0.15) is 11.9 Å². The zero-order chi connectivity index (χ0) is 13.5. The molecule has 0 bridgehead atoms. The summed E-state index contributed by atoms with van der Waals surface area (Å²) in [6, 6.07) is 4.80. The molecular formula is C12H16N4O2. The van der Waals surface area contributed by atoms with E-state index >= 15 is 0 Å². The number of anilines is 1. The highest BCUT2D eigenvalue weighted by Gasteiger charge is 2.15. The van der Waals surface area contributed by atoms with Gasteiger partial charge in [-0.3, -0.25) is 10.1 Å². The van der Waals surface area contributed by atoms with E-state index in [1.807, 2.05) is 6.92 Å². The molecule has 0 aliphatic carbocycles. The number of nitro groups is 1. The first kappa shape index (κ1) is 13.9. The fourth-order valence-corrected chi connectivity index (χ4v) is 1.60. The van der Waals surface area contributed by atoms with Gasteiger partial charge in [-0.2, -0.15) is 5.26 Å². The monoisotopic (exact) mass is 248 g/mol. The second kappa shape index (κ2) is 6.55. The highest BCUT2D eigenvalue weighted by Crippen LogP contribution is 2.19. The Labute approximate surface area is 106 Å². The summed E-state index contributed by atoms with van der Waals surface area (Å²) in [5.74, 6) is 0.501. The Hall–Kier alpha value is -2.16. The molecule has 0 amide bonds. The Kier molecular flexibility index (Phi) is 5.06. The molecule has 1 N–H and O–H groups in total. The van der Waals surface area contributed by atoms with Crippen LogP contribution in [0.5, 0.6) is 0 Å². The third kappa shape index (κ3) is 3.70. The van der Waals surface area contributed by atoms with E-state index in [-0.39, 0.29) is 17.4 Å². The molecule has 1 heterocycles. The van der Waals surface area contributed by atoms with Crippen LogP contribution in [0.25, 0.3) is 0 Å². The Morgan fingerprint density at radius 3 is 2.89 bits per heavy atom. The number of nitrogens with zero attached hydrogens (tertiary/aromatic N) is 3. The number of nitrogens with one attached hydrogen (secondary N) is 1. The standard InChI is InChI=1S/C12H16N4O2/c1-3-4-5-9(2)14-12-7-6-11(16(17)18)10(8-13)15-12/h6-7,9H,3-5H2,1-2H3,(H,14,15). The Morgan fingerprint density at radius 2 is 2.33 bits per heavy atom. The Balaban J connectivity index is 2.80. The van der Waals surface area contributed by atoms with Gasteiger partial charge in [0.15, 0.2) is 0 Å². The van der Waals surface area contributed by atoms with Crippen LogP contribution >= 0.6 is 0 Å². The quantitative estimate of drug-likeness (QED) is 0.617. The van der Waals surface area contributed by atoms with Gasteiger partial charge in [-0.25, -0.2) is 4.98 Å². The topological polar surface area (TPSA) is 91.9 Å². The molecule has 1 aromatic heterocycles. The van der Waals surface area contributed by atoms with Crippen LogP contribution in [0.4, 0.5) is 11.5 Å². The predicted molar refractivity (Wildman–Crippen MR) is 68.2 cm³/mol. The Morgan fingerprint density at radius 1 is 1.61 bits per heavy atom. The molecule has 1 aromatic rings.